The SMILES string of the molecule is CCCCCCC(C)(CC)C1CCC(NC)CC1. The van der Waals surface area contributed by atoms with Gasteiger partial charge in [0.25, 0.3) is 0 Å². The van der Waals surface area contributed by atoms with Crippen LogP contribution in [0.15, 0.2) is 0 Å². The average Bonchev–Trinajstić information content (AvgIpc) is 2.43. The molecule has 108 valence electrons. The highest BCUT2D eigenvalue weighted by atomic mass is 14.9. The highest BCUT2D eigenvalue weighted by molar-refractivity contribution is 4.87. The van der Waals surface area contributed by atoms with Gasteiger partial charge in [0.15, 0.2) is 0 Å². The summed E-state index contributed by atoms with van der Waals surface area (Å²) in [5, 5.41) is 3.45. The van der Waals surface area contributed by atoms with Crippen molar-refractivity contribution in [3.05, 3.63) is 0 Å². The predicted molar refractivity (Wildman–Crippen MR) is 82.0 cm³/mol. The van der Waals surface area contributed by atoms with Crippen LogP contribution in [0.5, 0.6) is 0 Å². The Bertz CT molecular complexity index is 206. The van der Waals surface area contributed by atoms with Crippen LogP contribution < -0.4 is 5.32 Å². The first kappa shape index (κ1) is 16.0. The van der Waals surface area contributed by atoms with Gasteiger partial charge in [-0.25, -0.2) is 0 Å². The van der Waals surface area contributed by atoms with Crippen LogP contribution in [0.4, 0.5) is 0 Å². The first-order valence-corrected chi connectivity index (χ1v) is 8.33. The lowest BCUT2D eigenvalue weighted by molar-refractivity contribution is 0.105. The molecule has 1 aliphatic carbocycles. The lowest BCUT2D eigenvalue weighted by Crippen LogP contribution is -2.36. The Labute approximate surface area is 115 Å². The van der Waals surface area contributed by atoms with Crippen molar-refractivity contribution in [2.45, 2.75) is 91.0 Å². The molecular weight excluding hydrogens is 218 g/mol. The van der Waals surface area contributed by atoms with Gasteiger partial charge in [0.1, 0.15) is 0 Å². The van der Waals surface area contributed by atoms with Crippen LogP contribution in [0.25, 0.3) is 0 Å². The molecule has 1 heteroatoms. The fraction of sp³-hybridized carbons (Fsp3) is 1.00. The minimum absolute atomic E-state index is 0.618. The molecular formula is C17H35N. The Morgan fingerprint density at radius 1 is 1.00 bits per heavy atom. The van der Waals surface area contributed by atoms with Gasteiger partial charge in [-0.15, -0.1) is 0 Å². The van der Waals surface area contributed by atoms with Crippen LogP contribution in [0, 0.1) is 11.3 Å². The van der Waals surface area contributed by atoms with E-state index in [1.54, 1.807) is 0 Å². The standard InChI is InChI=1S/C17H35N/c1-5-7-8-9-14-17(3,6-2)15-10-12-16(18-4)13-11-15/h15-16,18H,5-14H2,1-4H3. The molecule has 1 unspecified atom stereocenters. The minimum atomic E-state index is 0.618. The van der Waals surface area contributed by atoms with E-state index in [9.17, 15) is 0 Å². The van der Waals surface area contributed by atoms with Crippen LogP contribution in [0.1, 0.15) is 85.0 Å². The van der Waals surface area contributed by atoms with Gasteiger partial charge in [-0.2, -0.15) is 0 Å². The molecule has 0 radical (unpaired) electrons. The molecule has 0 aromatic rings. The molecule has 1 aliphatic rings. The van der Waals surface area contributed by atoms with Crippen molar-refractivity contribution in [1.82, 2.24) is 5.32 Å². The van der Waals surface area contributed by atoms with Gasteiger partial charge in [0, 0.05) is 6.04 Å². The Balaban J connectivity index is 2.38. The number of hydrogen-bond acceptors (Lipinski definition) is 1. The van der Waals surface area contributed by atoms with Gasteiger partial charge in [-0.05, 0) is 50.5 Å². The van der Waals surface area contributed by atoms with Gasteiger partial charge in [-0.3, -0.25) is 0 Å². The average molecular weight is 253 g/mol. The fourth-order valence-corrected chi connectivity index (χ4v) is 3.70. The fourth-order valence-electron chi connectivity index (χ4n) is 3.70. The largest absolute Gasteiger partial charge is 0.317 e. The zero-order valence-electron chi connectivity index (χ0n) is 13.2. The van der Waals surface area contributed by atoms with Crippen molar-refractivity contribution < 1.29 is 0 Å². The predicted octanol–water partition coefficient (Wildman–Crippen LogP) is 5.15. The molecule has 0 aliphatic heterocycles. The van der Waals surface area contributed by atoms with Crippen LogP contribution in [0.3, 0.4) is 0 Å². The van der Waals surface area contributed by atoms with E-state index in [1.807, 2.05) is 0 Å². The summed E-state index contributed by atoms with van der Waals surface area (Å²) in [4.78, 5) is 0. The topological polar surface area (TPSA) is 12.0 Å². The summed E-state index contributed by atoms with van der Waals surface area (Å²) < 4.78 is 0. The van der Waals surface area contributed by atoms with Crippen molar-refractivity contribution >= 4 is 0 Å². The van der Waals surface area contributed by atoms with Crippen molar-refractivity contribution in [1.29, 1.82) is 0 Å². The summed E-state index contributed by atoms with van der Waals surface area (Å²) in [7, 11) is 2.12. The third-order valence-electron chi connectivity index (χ3n) is 5.53. The van der Waals surface area contributed by atoms with Gasteiger partial charge in [0.05, 0.1) is 0 Å². The molecule has 0 spiro atoms. The number of hydrogen-bond donors (Lipinski definition) is 1. The molecule has 0 aromatic carbocycles. The minimum Gasteiger partial charge on any atom is -0.317 e. The summed E-state index contributed by atoms with van der Waals surface area (Å²) >= 11 is 0. The van der Waals surface area contributed by atoms with Crippen molar-refractivity contribution in [2.75, 3.05) is 7.05 Å². The molecule has 0 saturated heterocycles. The molecule has 18 heavy (non-hydrogen) atoms. The molecule has 0 heterocycles. The summed E-state index contributed by atoms with van der Waals surface area (Å²) in [6.45, 7) is 7.27. The summed E-state index contributed by atoms with van der Waals surface area (Å²) in [6, 6.07) is 0.794. The molecule has 1 rings (SSSR count). The Hall–Kier alpha value is -0.0400. The molecule has 1 saturated carbocycles. The highest BCUT2D eigenvalue weighted by Gasteiger charge is 2.34. The van der Waals surface area contributed by atoms with Crippen LogP contribution in [-0.4, -0.2) is 13.1 Å². The molecule has 0 bridgehead atoms. The van der Waals surface area contributed by atoms with E-state index in [1.165, 1.54) is 64.2 Å². The normalized spacial score (nSPS) is 28.0. The Kier molecular flexibility index (Phi) is 7.29. The molecule has 1 N–H and O–H groups in total. The first-order valence-electron chi connectivity index (χ1n) is 8.33. The summed E-state index contributed by atoms with van der Waals surface area (Å²) in [6.07, 6.45) is 14.2. The first-order chi connectivity index (χ1) is 8.66. The molecule has 1 atom stereocenters. The Morgan fingerprint density at radius 2 is 1.67 bits per heavy atom. The second-order valence-corrected chi connectivity index (χ2v) is 6.66. The van der Waals surface area contributed by atoms with E-state index in [4.69, 9.17) is 0 Å². The Morgan fingerprint density at radius 3 is 2.17 bits per heavy atom. The van der Waals surface area contributed by atoms with E-state index in [-0.39, 0.29) is 0 Å². The smallest absolute Gasteiger partial charge is 0.00642 e. The van der Waals surface area contributed by atoms with E-state index >= 15 is 0 Å². The summed E-state index contributed by atoms with van der Waals surface area (Å²) in [5.74, 6) is 0.980. The lowest BCUT2D eigenvalue weighted by Gasteiger charge is -2.41. The van der Waals surface area contributed by atoms with E-state index in [2.05, 4.69) is 33.1 Å². The maximum Gasteiger partial charge on any atom is 0.00642 e. The van der Waals surface area contributed by atoms with Crippen LogP contribution >= 0.6 is 0 Å². The van der Waals surface area contributed by atoms with E-state index in [0.29, 0.717) is 5.41 Å². The quantitative estimate of drug-likeness (QED) is 0.590. The van der Waals surface area contributed by atoms with Crippen molar-refractivity contribution in [3.63, 3.8) is 0 Å². The van der Waals surface area contributed by atoms with Crippen molar-refractivity contribution in [2.24, 2.45) is 11.3 Å². The van der Waals surface area contributed by atoms with E-state index in [0.717, 1.165) is 12.0 Å². The number of nitrogens with one attached hydrogen (secondary N) is 1. The van der Waals surface area contributed by atoms with Gasteiger partial charge < -0.3 is 5.32 Å². The maximum atomic E-state index is 3.45. The number of unbranched alkanes of at least 4 members (excludes halogenated alkanes) is 3. The van der Waals surface area contributed by atoms with Crippen LogP contribution in [0.2, 0.25) is 0 Å². The zero-order chi connectivity index (χ0) is 13.4. The molecule has 0 amide bonds. The summed E-state index contributed by atoms with van der Waals surface area (Å²) in [5.41, 5.74) is 0.618. The molecule has 0 aromatic heterocycles. The zero-order valence-corrected chi connectivity index (χ0v) is 13.2. The second kappa shape index (κ2) is 8.19. The third kappa shape index (κ3) is 4.57. The second-order valence-electron chi connectivity index (χ2n) is 6.66. The van der Waals surface area contributed by atoms with Gasteiger partial charge in [-0.1, -0.05) is 52.9 Å². The lowest BCUT2D eigenvalue weighted by atomic mass is 9.65. The van der Waals surface area contributed by atoms with E-state index < -0.39 is 0 Å². The van der Waals surface area contributed by atoms with Gasteiger partial charge >= 0.3 is 0 Å². The maximum absolute atomic E-state index is 3.45. The molecule has 1 nitrogen and oxygen atoms in total. The third-order valence-corrected chi connectivity index (χ3v) is 5.53. The number of rotatable bonds is 8. The van der Waals surface area contributed by atoms with Gasteiger partial charge in [0.2, 0.25) is 0 Å². The van der Waals surface area contributed by atoms with Crippen molar-refractivity contribution in [3.8, 4) is 0 Å². The highest BCUT2D eigenvalue weighted by Crippen LogP contribution is 2.44. The van der Waals surface area contributed by atoms with Crippen LogP contribution in [-0.2, 0) is 0 Å². The molecule has 1 fully saturated rings. The monoisotopic (exact) mass is 253 g/mol.